The van der Waals surface area contributed by atoms with Gasteiger partial charge in [-0.1, -0.05) is 26.7 Å². The lowest BCUT2D eigenvalue weighted by atomic mass is 10.2. The Balaban J connectivity index is 2.59. The summed E-state index contributed by atoms with van der Waals surface area (Å²) in [5.74, 6) is 0. The third-order valence-electron chi connectivity index (χ3n) is 2.66. The van der Waals surface area contributed by atoms with Crippen LogP contribution in [0.4, 0.5) is 0 Å². The van der Waals surface area contributed by atoms with Crippen LogP contribution in [-0.4, -0.2) is 25.3 Å². The molecule has 1 rings (SSSR count). The van der Waals surface area contributed by atoms with Crippen molar-refractivity contribution in [3.8, 4) is 0 Å². The third kappa shape index (κ3) is 4.69. The van der Waals surface area contributed by atoms with Crippen LogP contribution in [0.2, 0.25) is 0 Å². The van der Waals surface area contributed by atoms with Crippen LogP contribution in [0.15, 0.2) is 21.4 Å². The molecule has 2 N–H and O–H groups in total. The van der Waals surface area contributed by atoms with Crippen molar-refractivity contribution in [2.24, 2.45) is 9.98 Å². The van der Waals surface area contributed by atoms with Gasteiger partial charge in [0.15, 0.2) is 0 Å². The van der Waals surface area contributed by atoms with Gasteiger partial charge in [0.05, 0.1) is 12.0 Å². The number of hydrogen-bond donors (Lipinski definition) is 2. The Morgan fingerprint density at radius 3 is 3.00 bits per heavy atom. The highest BCUT2D eigenvalue weighted by molar-refractivity contribution is 5.63. The van der Waals surface area contributed by atoms with Crippen molar-refractivity contribution in [2.45, 2.75) is 52.6 Å². The van der Waals surface area contributed by atoms with Gasteiger partial charge in [-0.2, -0.15) is 0 Å². The SMILES string of the molecule is CCCC=NC1=C(C)NC=NC1NCCCC. The summed E-state index contributed by atoms with van der Waals surface area (Å²) < 4.78 is 0. The maximum atomic E-state index is 4.53. The standard InChI is InChI=1S/C13H24N4/c1-4-6-8-14-12-11(3)16-10-17-13(12)15-9-7-5-2/h8,10,13,15H,4-7,9H2,1-3H3,(H,16,17). The first-order valence-corrected chi connectivity index (χ1v) is 6.54. The highest BCUT2D eigenvalue weighted by Gasteiger charge is 2.16. The van der Waals surface area contributed by atoms with Crippen molar-refractivity contribution in [1.82, 2.24) is 10.6 Å². The first kappa shape index (κ1) is 13.9. The van der Waals surface area contributed by atoms with Gasteiger partial charge in [-0.25, -0.2) is 0 Å². The van der Waals surface area contributed by atoms with Crippen molar-refractivity contribution in [3.05, 3.63) is 11.4 Å². The first-order chi connectivity index (χ1) is 8.29. The Morgan fingerprint density at radius 1 is 1.47 bits per heavy atom. The summed E-state index contributed by atoms with van der Waals surface area (Å²) in [5, 5.41) is 6.53. The van der Waals surface area contributed by atoms with Crippen molar-refractivity contribution in [1.29, 1.82) is 0 Å². The van der Waals surface area contributed by atoms with Gasteiger partial charge in [-0.3, -0.25) is 15.3 Å². The van der Waals surface area contributed by atoms with Gasteiger partial charge in [0, 0.05) is 11.9 Å². The predicted octanol–water partition coefficient (Wildman–Crippen LogP) is 2.44. The summed E-state index contributed by atoms with van der Waals surface area (Å²) in [6.07, 6.45) is 8.25. The molecule has 1 aliphatic heterocycles. The molecule has 0 aromatic heterocycles. The molecule has 1 aliphatic rings. The lowest BCUT2D eigenvalue weighted by Crippen LogP contribution is -2.35. The molecule has 0 aromatic rings. The van der Waals surface area contributed by atoms with Crippen LogP contribution < -0.4 is 10.6 Å². The second-order valence-corrected chi connectivity index (χ2v) is 4.24. The summed E-state index contributed by atoms with van der Waals surface area (Å²) in [7, 11) is 0. The normalized spacial score (nSPS) is 20.1. The molecule has 4 nitrogen and oxygen atoms in total. The first-order valence-electron chi connectivity index (χ1n) is 6.54. The lowest BCUT2D eigenvalue weighted by molar-refractivity contribution is 0.553. The van der Waals surface area contributed by atoms with E-state index in [1.165, 1.54) is 12.8 Å². The van der Waals surface area contributed by atoms with Crippen LogP contribution >= 0.6 is 0 Å². The van der Waals surface area contributed by atoms with Gasteiger partial charge < -0.3 is 5.32 Å². The molecule has 0 radical (unpaired) electrons. The van der Waals surface area contributed by atoms with E-state index in [4.69, 9.17) is 0 Å². The molecule has 17 heavy (non-hydrogen) atoms. The number of rotatable bonds is 7. The Morgan fingerprint density at radius 2 is 2.29 bits per heavy atom. The van der Waals surface area contributed by atoms with E-state index in [1.54, 1.807) is 6.34 Å². The summed E-state index contributed by atoms with van der Waals surface area (Å²) in [6, 6.07) is 0. The monoisotopic (exact) mass is 236 g/mol. The zero-order chi connectivity index (χ0) is 12.5. The second kappa shape index (κ2) is 8.01. The maximum absolute atomic E-state index is 4.53. The summed E-state index contributed by atoms with van der Waals surface area (Å²) in [6.45, 7) is 7.37. The number of hydrogen-bond acceptors (Lipinski definition) is 4. The number of nitrogens with zero attached hydrogens (tertiary/aromatic N) is 2. The number of unbranched alkanes of at least 4 members (excludes halogenated alkanes) is 2. The molecule has 0 saturated heterocycles. The zero-order valence-corrected chi connectivity index (χ0v) is 11.2. The molecular formula is C13H24N4. The fraction of sp³-hybridized carbons (Fsp3) is 0.692. The summed E-state index contributed by atoms with van der Waals surface area (Å²) in [5.41, 5.74) is 2.10. The highest BCUT2D eigenvalue weighted by atomic mass is 15.2. The Labute approximate surface area is 104 Å². The number of aliphatic imine (C=N–C) groups is 2. The van der Waals surface area contributed by atoms with Crippen LogP contribution in [0.3, 0.4) is 0 Å². The molecule has 96 valence electrons. The van der Waals surface area contributed by atoms with Crippen molar-refractivity contribution in [2.75, 3.05) is 6.54 Å². The molecule has 0 aromatic carbocycles. The largest absolute Gasteiger partial charge is 0.349 e. The highest BCUT2D eigenvalue weighted by Crippen LogP contribution is 2.13. The summed E-state index contributed by atoms with van der Waals surface area (Å²) >= 11 is 0. The molecule has 0 amide bonds. The van der Waals surface area contributed by atoms with E-state index < -0.39 is 0 Å². The molecule has 0 spiro atoms. The van der Waals surface area contributed by atoms with Crippen LogP contribution in [-0.2, 0) is 0 Å². The van der Waals surface area contributed by atoms with E-state index in [9.17, 15) is 0 Å². The summed E-state index contributed by atoms with van der Waals surface area (Å²) in [4.78, 5) is 8.92. The van der Waals surface area contributed by atoms with Gasteiger partial charge >= 0.3 is 0 Å². The lowest BCUT2D eigenvalue weighted by Gasteiger charge is -2.21. The van der Waals surface area contributed by atoms with E-state index in [2.05, 4.69) is 34.5 Å². The van der Waals surface area contributed by atoms with Crippen molar-refractivity contribution in [3.63, 3.8) is 0 Å². The fourth-order valence-electron chi connectivity index (χ4n) is 1.58. The Bertz CT molecular complexity index is 305. The predicted molar refractivity (Wildman–Crippen MR) is 74.4 cm³/mol. The zero-order valence-electron chi connectivity index (χ0n) is 11.2. The van der Waals surface area contributed by atoms with Gasteiger partial charge in [0.25, 0.3) is 0 Å². The van der Waals surface area contributed by atoms with E-state index in [0.29, 0.717) is 0 Å². The molecule has 0 fully saturated rings. The molecule has 0 saturated carbocycles. The van der Waals surface area contributed by atoms with Gasteiger partial charge in [-0.15, -0.1) is 0 Å². The van der Waals surface area contributed by atoms with Crippen LogP contribution in [0, 0.1) is 0 Å². The quantitative estimate of drug-likeness (QED) is 0.527. The van der Waals surface area contributed by atoms with Crippen molar-refractivity contribution < 1.29 is 0 Å². The fourth-order valence-corrected chi connectivity index (χ4v) is 1.58. The second-order valence-electron chi connectivity index (χ2n) is 4.24. The third-order valence-corrected chi connectivity index (χ3v) is 2.66. The molecule has 4 heteroatoms. The van der Waals surface area contributed by atoms with Crippen LogP contribution in [0.25, 0.3) is 0 Å². The average molecular weight is 236 g/mol. The number of nitrogens with one attached hydrogen (secondary N) is 2. The van der Waals surface area contributed by atoms with Gasteiger partial charge in [0.2, 0.25) is 0 Å². The van der Waals surface area contributed by atoms with E-state index in [0.717, 1.165) is 30.8 Å². The molecule has 1 atom stereocenters. The topological polar surface area (TPSA) is 48.8 Å². The van der Waals surface area contributed by atoms with Crippen LogP contribution in [0.5, 0.6) is 0 Å². The molecule has 0 bridgehead atoms. The minimum atomic E-state index is 0.0101. The molecular weight excluding hydrogens is 212 g/mol. The smallest absolute Gasteiger partial charge is 0.146 e. The molecule has 1 heterocycles. The van der Waals surface area contributed by atoms with Crippen molar-refractivity contribution >= 4 is 12.6 Å². The number of allylic oxidation sites excluding steroid dienone is 1. The van der Waals surface area contributed by atoms with E-state index in [-0.39, 0.29) is 6.17 Å². The molecule has 1 unspecified atom stereocenters. The Hall–Kier alpha value is -1.16. The minimum absolute atomic E-state index is 0.0101. The van der Waals surface area contributed by atoms with Gasteiger partial charge in [0.1, 0.15) is 6.17 Å². The van der Waals surface area contributed by atoms with E-state index >= 15 is 0 Å². The average Bonchev–Trinajstić information content (AvgIpc) is 2.33. The van der Waals surface area contributed by atoms with Crippen LogP contribution in [0.1, 0.15) is 46.5 Å². The minimum Gasteiger partial charge on any atom is -0.349 e. The Kier molecular flexibility index (Phi) is 6.55. The van der Waals surface area contributed by atoms with E-state index in [1.807, 2.05) is 13.1 Å². The maximum Gasteiger partial charge on any atom is 0.146 e. The van der Waals surface area contributed by atoms with Gasteiger partial charge in [-0.05, 0) is 26.3 Å². The molecule has 0 aliphatic carbocycles.